The topological polar surface area (TPSA) is 64.3 Å². The predicted octanol–water partition coefficient (Wildman–Crippen LogP) is 2.17. The molecule has 1 aliphatic rings. The molecule has 0 spiro atoms. The van der Waals surface area contributed by atoms with Crippen molar-refractivity contribution in [1.29, 1.82) is 0 Å². The molecule has 108 valence electrons. The van der Waals surface area contributed by atoms with Crippen LogP contribution in [0.3, 0.4) is 0 Å². The van der Waals surface area contributed by atoms with Gasteiger partial charge < -0.3 is 15.8 Å². The molecule has 0 aliphatic heterocycles. The Kier molecular flexibility index (Phi) is 4.95. The number of hydrogen-bond donors (Lipinski definition) is 2. The summed E-state index contributed by atoms with van der Waals surface area (Å²) >= 11 is 5.11. The van der Waals surface area contributed by atoms with E-state index in [4.69, 9.17) is 22.7 Å². The second-order valence-electron chi connectivity index (χ2n) is 5.11. The molecule has 1 aromatic carbocycles. The van der Waals surface area contributed by atoms with Gasteiger partial charge in [-0.1, -0.05) is 43.3 Å². The second-order valence-corrected chi connectivity index (χ2v) is 5.55. The van der Waals surface area contributed by atoms with E-state index in [2.05, 4.69) is 5.32 Å². The molecule has 2 rings (SSSR count). The Labute approximate surface area is 124 Å². The largest absolute Gasteiger partial charge is 0.493 e. The summed E-state index contributed by atoms with van der Waals surface area (Å²) in [5, 5.41) is 2.99. The maximum Gasteiger partial charge on any atom is 0.224 e. The summed E-state index contributed by atoms with van der Waals surface area (Å²) in [5.74, 6) is 0.709. The number of carbonyl (C=O) groups excluding carboxylic acids is 1. The van der Waals surface area contributed by atoms with Gasteiger partial charge in [0.05, 0.1) is 23.6 Å². The lowest BCUT2D eigenvalue weighted by Crippen LogP contribution is -2.55. The SMILES string of the molecule is NC(=S)C1(NC(=O)CCOc2ccccc2)CCCC1. The summed E-state index contributed by atoms with van der Waals surface area (Å²) in [6.07, 6.45) is 4.09. The van der Waals surface area contributed by atoms with E-state index in [9.17, 15) is 4.79 Å². The van der Waals surface area contributed by atoms with Crippen molar-refractivity contribution in [2.24, 2.45) is 5.73 Å². The molecule has 0 bridgehead atoms. The molecule has 3 N–H and O–H groups in total. The van der Waals surface area contributed by atoms with Crippen LogP contribution < -0.4 is 15.8 Å². The van der Waals surface area contributed by atoms with Crippen molar-refractivity contribution in [3.63, 3.8) is 0 Å². The predicted molar refractivity (Wildman–Crippen MR) is 82.7 cm³/mol. The lowest BCUT2D eigenvalue weighted by Gasteiger charge is -2.29. The fourth-order valence-electron chi connectivity index (χ4n) is 2.52. The molecule has 0 atom stereocenters. The van der Waals surface area contributed by atoms with Crippen LogP contribution in [0.25, 0.3) is 0 Å². The number of nitrogens with one attached hydrogen (secondary N) is 1. The molecule has 0 aromatic heterocycles. The zero-order valence-corrected chi connectivity index (χ0v) is 12.2. The number of amides is 1. The first kappa shape index (κ1) is 14.8. The Hall–Kier alpha value is -1.62. The average Bonchev–Trinajstić information content (AvgIpc) is 2.90. The molecule has 1 aromatic rings. The van der Waals surface area contributed by atoms with Gasteiger partial charge in [-0.15, -0.1) is 0 Å². The standard InChI is InChI=1S/C15H20N2O2S/c16-14(20)15(9-4-5-10-15)17-13(18)8-11-19-12-6-2-1-3-7-12/h1-3,6-7H,4-5,8-11H2,(H2,16,20)(H,17,18). The third kappa shape index (κ3) is 3.70. The van der Waals surface area contributed by atoms with Crippen LogP contribution in [0.15, 0.2) is 30.3 Å². The molecular formula is C15H20N2O2S. The fourth-order valence-corrected chi connectivity index (χ4v) is 2.77. The minimum absolute atomic E-state index is 0.0596. The highest BCUT2D eigenvalue weighted by Gasteiger charge is 2.37. The van der Waals surface area contributed by atoms with E-state index in [-0.39, 0.29) is 5.91 Å². The molecule has 1 fully saturated rings. The first-order valence-electron chi connectivity index (χ1n) is 6.91. The summed E-state index contributed by atoms with van der Waals surface area (Å²) in [5.41, 5.74) is 5.31. The van der Waals surface area contributed by atoms with Crippen molar-refractivity contribution in [2.75, 3.05) is 6.61 Å². The molecule has 0 heterocycles. The van der Waals surface area contributed by atoms with Crippen LogP contribution in [-0.2, 0) is 4.79 Å². The van der Waals surface area contributed by atoms with Crippen LogP contribution in [0.5, 0.6) is 5.75 Å². The van der Waals surface area contributed by atoms with E-state index in [0.29, 0.717) is 18.0 Å². The van der Waals surface area contributed by atoms with Gasteiger partial charge in [0.15, 0.2) is 0 Å². The van der Waals surface area contributed by atoms with Gasteiger partial charge in [0.1, 0.15) is 5.75 Å². The van der Waals surface area contributed by atoms with Crippen LogP contribution in [0.1, 0.15) is 32.1 Å². The number of para-hydroxylation sites is 1. The highest BCUT2D eigenvalue weighted by atomic mass is 32.1. The first-order chi connectivity index (χ1) is 9.62. The van der Waals surface area contributed by atoms with E-state index in [1.54, 1.807) is 0 Å². The lowest BCUT2D eigenvalue weighted by molar-refractivity contribution is -0.122. The summed E-state index contributed by atoms with van der Waals surface area (Å²) in [7, 11) is 0. The van der Waals surface area contributed by atoms with E-state index in [1.807, 2.05) is 30.3 Å². The number of carbonyl (C=O) groups is 1. The van der Waals surface area contributed by atoms with Gasteiger partial charge in [-0.2, -0.15) is 0 Å². The lowest BCUT2D eigenvalue weighted by atomic mass is 9.97. The Morgan fingerprint density at radius 3 is 2.55 bits per heavy atom. The van der Waals surface area contributed by atoms with Gasteiger partial charge in [0.25, 0.3) is 0 Å². The Morgan fingerprint density at radius 2 is 1.95 bits per heavy atom. The number of thiocarbonyl (C=S) groups is 1. The molecule has 1 saturated carbocycles. The molecule has 5 heteroatoms. The van der Waals surface area contributed by atoms with Crippen molar-refractivity contribution in [3.8, 4) is 5.75 Å². The first-order valence-corrected chi connectivity index (χ1v) is 7.32. The Bertz CT molecular complexity index is 470. The number of benzene rings is 1. The Balaban J connectivity index is 1.79. The van der Waals surface area contributed by atoms with Crippen LogP contribution in [0.2, 0.25) is 0 Å². The maximum absolute atomic E-state index is 12.0. The third-order valence-corrected chi connectivity index (χ3v) is 4.04. The minimum atomic E-state index is -0.473. The summed E-state index contributed by atoms with van der Waals surface area (Å²) in [6, 6.07) is 9.45. The zero-order valence-electron chi connectivity index (χ0n) is 11.4. The van der Waals surface area contributed by atoms with Crippen LogP contribution in [-0.4, -0.2) is 23.0 Å². The van der Waals surface area contributed by atoms with E-state index >= 15 is 0 Å². The molecule has 4 nitrogen and oxygen atoms in total. The van der Waals surface area contributed by atoms with Crippen LogP contribution in [0.4, 0.5) is 0 Å². The van der Waals surface area contributed by atoms with Crippen LogP contribution in [0, 0.1) is 0 Å². The van der Waals surface area contributed by atoms with Gasteiger partial charge in [0.2, 0.25) is 5.91 Å². The van der Waals surface area contributed by atoms with Crippen molar-refractivity contribution in [2.45, 2.75) is 37.6 Å². The second kappa shape index (κ2) is 6.70. The average molecular weight is 292 g/mol. The number of hydrogen-bond acceptors (Lipinski definition) is 3. The number of rotatable bonds is 6. The van der Waals surface area contributed by atoms with Crippen molar-refractivity contribution >= 4 is 23.1 Å². The summed E-state index contributed by atoms with van der Waals surface area (Å²) < 4.78 is 5.51. The summed E-state index contributed by atoms with van der Waals surface area (Å²) in [4.78, 5) is 12.4. The van der Waals surface area contributed by atoms with E-state index < -0.39 is 5.54 Å². The molecule has 0 unspecified atom stereocenters. The highest BCUT2D eigenvalue weighted by Crippen LogP contribution is 2.30. The van der Waals surface area contributed by atoms with Crippen molar-refractivity contribution in [3.05, 3.63) is 30.3 Å². The minimum Gasteiger partial charge on any atom is -0.493 e. The molecule has 20 heavy (non-hydrogen) atoms. The maximum atomic E-state index is 12.0. The van der Waals surface area contributed by atoms with Crippen LogP contribution >= 0.6 is 12.2 Å². The fraction of sp³-hybridized carbons (Fsp3) is 0.467. The van der Waals surface area contributed by atoms with Crippen molar-refractivity contribution in [1.82, 2.24) is 5.32 Å². The summed E-state index contributed by atoms with van der Waals surface area (Å²) in [6.45, 7) is 0.350. The van der Waals surface area contributed by atoms with Crippen molar-refractivity contribution < 1.29 is 9.53 Å². The quantitative estimate of drug-likeness (QED) is 0.789. The van der Waals surface area contributed by atoms with E-state index in [0.717, 1.165) is 31.4 Å². The molecular weight excluding hydrogens is 272 g/mol. The monoisotopic (exact) mass is 292 g/mol. The smallest absolute Gasteiger partial charge is 0.224 e. The van der Waals surface area contributed by atoms with Gasteiger partial charge in [-0.25, -0.2) is 0 Å². The number of nitrogens with two attached hydrogens (primary N) is 1. The highest BCUT2D eigenvalue weighted by molar-refractivity contribution is 7.80. The van der Waals surface area contributed by atoms with Gasteiger partial charge >= 0.3 is 0 Å². The molecule has 0 saturated heterocycles. The van der Waals surface area contributed by atoms with Gasteiger partial charge in [-0.05, 0) is 25.0 Å². The number of ether oxygens (including phenoxy) is 1. The Morgan fingerprint density at radius 1 is 1.30 bits per heavy atom. The van der Waals surface area contributed by atoms with Gasteiger partial charge in [-0.3, -0.25) is 4.79 Å². The third-order valence-electron chi connectivity index (χ3n) is 3.65. The molecule has 0 radical (unpaired) electrons. The normalized spacial score (nSPS) is 16.6. The molecule has 1 aliphatic carbocycles. The molecule has 1 amide bonds. The van der Waals surface area contributed by atoms with E-state index in [1.165, 1.54) is 0 Å². The zero-order chi connectivity index (χ0) is 14.4. The van der Waals surface area contributed by atoms with Gasteiger partial charge in [0, 0.05) is 0 Å².